The van der Waals surface area contributed by atoms with E-state index in [0.717, 1.165) is 30.5 Å². The van der Waals surface area contributed by atoms with Gasteiger partial charge in [-0.05, 0) is 31.1 Å². The SMILES string of the molecule is CCC1C[C@@H]2C[C@@H]2c2c1c(C(=O)O)nn2-c1cnccn1. The first-order valence-electron chi connectivity index (χ1n) is 7.33. The summed E-state index contributed by atoms with van der Waals surface area (Å²) in [7, 11) is 0. The van der Waals surface area contributed by atoms with Crippen LogP contribution in [0.15, 0.2) is 18.6 Å². The Kier molecular flexibility index (Phi) is 2.60. The first-order chi connectivity index (χ1) is 10.2. The van der Waals surface area contributed by atoms with Gasteiger partial charge in [-0.25, -0.2) is 14.5 Å². The molecular weight excluding hydrogens is 268 g/mol. The Morgan fingerprint density at radius 3 is 2.95 bits per heavy atom. The van der Waals surface area contributed by atoms with Crippen LogP contribution < -0.4 is 0 Å². The number of carboxylic acids is 1. The summed E-state index contributed by atoms with van der Waals surface area (Å²) >= 11 is 0. The molecule has 1 N–H and O–H groups in total. The van der Waals surface area contributed by atoms with E-state index in [-0.39, 0.29) is 5.69 Å². The minimum Gasteiger partial charge on any atom is -0.476 e. The van der Waals surface area contributed by atoms with Crippen molar-refractivity contribution in [1.29, 1.82) is 0 Å². The highest BCUT2D eigenvalue weighted by Gasteiger charge is 2.50. The minimum atomic E-state index is -0.952. The van der Waals surface area contributed by atoms with Gasteiger partial charge in [0.1, 0.15) is 0 Å². The lowest BCUT2D eigenvalue weighted by Crippen LogP contribution is -2.13. The number of rotatable bonds is 3. The molecule has 4 rings (SSSR count). The molecule has 2 heterocycles. The van der Waals surface area contributed by atoms with Gasteiger partial charge in [0.15, 0.2) is 11.5 Å². The third-order valence-electron chi connectivity index (χ3n) is 4.69. The Morgan fingerprint density at radius 2 is 2.29 bits per heavy atom. The van der Waals surface area contributed by atoms with Gasteiger partial charge >= 0.3 is 5.97 Å². The Labute approximate surface area is 121 Å². The number of hydrogen-bond donors (Lipinski definition) is 1. The van der Waals surface area contributed by atoms with E-state index in [1.54, 1.807) is 23.3 Å². The molecule has 0 radical (unpaired) electrons. The highest BCUT2D eigenvalue weighted by molar-refractivity contribution is 5.88. The van der Waals surface area contributed by atoms with E-state index >= 15 is 0 Å². The van der Waals surface area contributed by atoms with Crippen LogP contribution in [0.1, 0.15) is 59.8 Å². The van der Waals surface area contributed by atoms with Crippen LogP contribution in [0.4, 0.5) is 0 Å². The molecule has 0 saturated heterocycles. The number of carbonyl (C=O) groups is 1. The van der Waals surface area contributed by atoms with Gasteiger partial charge < -0.3 is 5.11 Å². The standard InChI is InChI=1S/C15H16N4O2/c1-2-8-5-9-6-10(9)14-12(8)13(15(20)21)18-19(14)11-7-16-3-4-17-11/h3-4,7-10H,2,5-6H2,1H3,(H,20,21)/t8?,9-,10+/m1/s1. The van der Waals surface area contributed by atoms with Crippen molar-refractivity contribution in [2.45, 2.75) is 38.0 Å². The van der Waals surface area contributed by atoms with E-state index < -0.39 is 5.97 Å². The second kappa shape index (κ2) is 4.38. The Balaban J connectivity index is 1.96. The van der Waals surface area contributed by atoms with Crippen molar-refractivity contribution in [1.82, 2.24) is 19.7 Å². The molecule has 1 saturated carbocycles. The van der Waals surface area contributed by atoms with E-state index in [9.17, 15) is 9.90 Å². The first kappa shape index (κ1) is 12.5. The molecule has 2 aromatic heterocycles. The summed E-state index contributed by atoms with van der Waals surface area (Å²) in [6.45, 7) is 2.11. The second-order valence-electron chi connectivity index (χ2n) is 5.87. The fourth-order valence-electron chi connectivity index (χ4n) is 3.63. The maximum atomic E-state index is 11.6. The van der Waals surface area contributed by atoms with Crippen LogP contribution in [-0.2, 0) is 0 Å². The number of aromatic nitrogens is 4. The molecule has 2 aromatic rings. The lowest BCUT2D eigenvalue weighted by atomic mass is 9.83. The summed E-state index contributed by atoms with van der Waals surface area (Å²) in [5.74, 6) is 1.05. The zero-order chi connectivity index (χ0) is 14.6. The molecule has 0 bridgehead atoms. The molecule has 3 atom stereocenters. The number of fused-ring (bicyclic) bond motifs is 3. The molecule has 2 aliphatic rings. The van der Waals surface area contributed by atoms with Crippen LogP contribution in [0.25, 0.3) is 5.82 Å². The van der Waals surface area contributed by atoms with Crippen molar-refractivity contribution in [3.63, 3.8) is 0 Å². The van der Waals surface area contributed by atoms with Gasteiger partial charge in [-0.15, -0.1) is 0 Å². The van der Waals surface area contributed by atoms with Crippen LogP contribution in [0.3, 0.4) is 0 Å². The highest BCUT2D eigenvalue weighted by atomic mass is 16.4. The molecular formula is C15H16N4O2. The summed E-state index contributed by atoms with van der Waals surface area (Å²) in [5, 5.41) is 13.9. The van der Waals surface area contributed by atoms with Crippen molar-refractivity contribution in [2.24, 2.45) is 5.92 Å². The molecule has 1 fully saturated rings. The number of aromatic carboxylic acids is 1. The molecule has 108 valence electrons. The average Bonchev–Trinajstić information content (AvgIpc) is 3.17. The molecule has 6 heteroatoms. The fourth-order valence-corrected chi connectivity index (χ4v) is 3.63. The van der Waals surface area contributed by atoms with Crippen molar-refractivity contribution < 1.29 is 9.90 Å². The van der Waals surface area contributed by atoms with Gasteiger partial charge in [-0.3, -0.25) is 4.98 Å². The maximum absolute atomic E-state index is 11.6. The van der Waals surface area contributed by atoms with Gasteiger partial charge in [0, 0.05) is 23.9 Å². The Hall–Kier alpha value is -2.24. The van der Waals surface area contributed by atoms with E-state index in [1.807, 2.05) is 0 Å². The zero-order valence-electron chi connectivity index (χ0n) is 11.7. The molecule has 0 aromatic carbocycles. The molecule has 2 aliphatic carbocycles. The lowest BCUT2D eigenvalue weighted by molar-refractivity contribution is 0.0688. The summed E-state index contributed by atoms with van der Waals surface area (Å²) in [6.07, 6.45) is 8.00. The molecule has 0 aliphatic heterocycles. The average molecular weight is 284 g/mol. The third kappa shape index (κ3) is 1.78. The topological polar surface area (TPSA) is 80.9 Å². The van der Waals surface area contributed by atoms with Gasteiger partial charge in [0.25, 0.3) is 0 Å². The van der Waals surface area contributed by atoms with Crippen LogP contribution in [-0.4, -0.2) is 30.8 Å². The van der Waals surface area contributed by atoms with Crippen molar-refractivity contribution in [3.05, 3.63) is 35.5 Å². The monoisotopic (exact) mass is 284 g/mol. The third-order valence-corrected chi connectivity index (χ3v) is 4.69. The van der Waals surface area contributed by atoms with Crippen LogP contribution in [0.5, 0.6) is 0 Å². The predicted octanol–water partition coefficient (Wildman–Crippen LogP) is 2.36. The lowest BCUT2D eigenvalue weighted by Gasteiger charge is -2.21. The van der Waals surface area contributed by atoms with Crippen LogP contribution >= 0.6 is 0 Å². The highest BCUT2D eigenvalue weighted by Crippen LogP contribution is 2.59. The van der Waals surface area contributed by atoms with Crippen molar-refractivity contribution in [3.8, 4) is 5.82 Å². The number of hydrogen-bond acceptors (Lipinski definition) is 4. The minimum absolute atomic E-state index is 0.188. The molecule has 0 amide bonds. The van der Waals surface area contributed by atoms with E-state index in [2.05, 4.69) is 22.0 Å². The molecule has 1 unspecified atom stereocenters. The smallest absolute Gasteiger partial charge is 0.356 e. The summed E-state index contributed by atoms with van der Waals surface area (Å²) < 4.78 is 1.71. The predicted molar refractivity (Wildman–Crippen MR) is 74.6 cm³/mol. The van der Waals surface area contributed by atoms with E-state index in [1.165, 1.54) is 0 Å². The Morgan fingerprint density at radius 1 is 1.43 bits per heavy atom. The van der Waals surface area contributed by atoms with Crippen molar-refractivity contribution in [2.75, 3.05) is 0 Å². The fraction of sp³-hybridized carbons (Fsp3) is 0.467. The van der Waals surface area contributed by atoms with E-state index in [4.69, 9.17) is 0 Å². The number of carboxylic acid groups (broad SMARTS) is 1. The van der Waals surface area contributed by atoms with Gasteiger partial charge in [0.05, 0.1) is 11.9 Å². The quantitative estimate of drug-likeness (QED) is 0.935. The largest absolute Gasteiger partial charge is 0.476 e. The zero-order valence-corrected chi connectivity index (χ0v) is 11.7. The van der Waals surface area contributed by atoms with Gasteiger partial charge in [-0.2, -0.15) is 5.10 Å². The van der Waals surface area contributed by atoms with Gasteiger partial charge in [0.2, 0.25) is 0 Å². The maximum Gasteiger partial charge on any atom is 0.356 e. The molecule has 0 spiro atoms. The molecule has 21 heavy (non-hydrogen) atoms. The summed E-state index contributed by atoms with van der Waals surface area (Å²) in [4.78, 5) is 19.9. The number of nitrogens with zero attached hydrogens (tertiary/aromatic N) is 4. The van der Waals surface area contributed by atoms with E-state index in [0.29, 0.717) is 23.6 Å². The van der Waals surface area contributed by atoms with Crippen molar-refractivity contribution >= 4 is 5.97 Å². The van der Waals surface area contributed by atoms with Crippen LogP contribution in [0, 0.1) is 5.92 Å². The normalized spacial score (nSPS) is 26.0. The van der Waals surface area contributed by atoms with Gasteiger partial charge in [-0.1, -0.05) is 6.92 Å². The summed E-state index contributed by atoms with van der Waals surface area (Å²) in [5.41, 5.74) is 2.17. The second-order valence-corrected chi connectivity index (χ2v) is 5.87. The van der Waals surface area contributed by atoms with Crippen LogP contribution in [0.2, 0.25) is 0 Å². The Bertz CT molecular complexity index is 710. The first-order valence-corrected chi connectivity index (χ1v) is 7.33. The summed E-state index contributed by atoms with van der Waals surface area (Å²) in [6, 6.07) is 0. The molecule has 6 nitrogen and oxygen atoms in total.